The number of carbonyl (C=O) groups is 1. The van der Waals surface area contributed by atoms with Crippen molar-refractivity contribution in [2.45, 2.75) is 64.0 Å². The van der Waals surface area contributed by atoms with Gasteiger partial charge in [0.25, 0.3) is 0 Å². The molecular formula is C12H24N4O2. The van der Waals surface area contributed by atoms with E-state index in [4.69, 9.17) is 10.9 Å². The lowest BCUT2D eigenvalue weighted by Gasteiger charge is -2.24. The number of amides is 2. The van der Waals surface area contributed by atoms with Crippen LogP contribution in [-0.2, 0) is 0 Å². The molecule has 6 nitrogen and oxygen atoms in total. The van der Waals surface area contributed by atoms with Gasteiger partial charge in [0.2, 0.25) is 0 Å². The molecule has 0 aromatic carbocycles. The van der Waals surface area contributed by atoms with Crippen molar-refractivity contribution >= 4 is 11.9 Å². The summed E-state index contributed by atoms with van der Waals surface area (Å²) in [6, 6.07) is 0.0455. The molecule has 1 aliphatic rings. The number of nitrogens with zero attached hydrogens (tertiary/aromatic N) is 1. The van der Waals surface area contributed by atoms with E-state index in [2.05, 4.69) is 15.8 Å². The largest absolute Gasteiger partial charge is 0.409 e. The molecule has 18 heavy (non-hydrogen) atoms. The van der Waals surface area contributed by atoms with Gasteiger partial charge in [0.15, 0.2) is 0 Å². The maximum Gasteiger partial charge on any atom is 0.315 e. The van der Waals surface area contributed by atoms with Crippen LogP contribution in [0.15, 0.2) is 5.16 Å². The quantitative estimate of drug-likeness (QED) is 0.260. The van der Waals surface area contributed by atoms with Gasteiger partial charge >= 0.3 is 6.03 Å². The van der Waals surface area contributed by atoms with E-state index >= 15 is 0 Å². The Labute approximate surface area is 108 Å². The minimum atomic E-state index is -0.153. The predicted octanol–water partition coefficient (Wildman–Crippen LogP) is 1.53. The molecule has 1 atom stereocenters. The molecule has 0 aliphatic heterocycles. The highest BCUT2D eigenvalue weighted by atomic mass is 16.4. The molecule has 1 fully saturated rings. The summed E-state index contributed by atoms with van der Waals surface area (Å²) in [5, 5.41) is 17.3. The van der Waals surface area contributed by atoms with Gasteiger partial charge in [0.05, 0.1) is 0 Å². The van der Waals surface area contributed by atoms with Gasteiger partial charge in [-0.1, -0.05) is 31.3 Å². The topological polar surface area (TPSA) is 99.7 Å². The van der Waals surface area contributed by atoms with Crippen molar-refractivity contribution < 1.29 is 10.0 Å². The van der Waals surface area contributed by atoms with Crippen molar-refractivity contribution in [3.8, 4) is 0 Å². The molecule has 2 amide bonds. The molecular weight excluding hydrogens is 232 g/mol. The molecule has 1 unspecified atom stereocenters. The fraction of sp³-hybridized carbons (Fsp3) is 0.833. The van der Waals surface area contributed by atoms with E-state index in [1.54, 1.807) is 0 Å². The number of hydrogen-bond acceptors (Lipinski definition) is 3. The Kier molecular flexibility index (Phi) is 6.32. The number of nitrogens with two attached hydrogens (primary N) is 1. The molecule has 104 valence electrons. The molecule has 5 N–H and O–H groups in total. The normalized spacial score (nSPS) is 19.3. The molecule has 0 aromatic rings. The first-order valence-corrected chi connectivity index (χ1v) is 6.69. The van der Waals surface area contributed by atoms with Crippen LogP contribution in [0.5, 0.6) is 0 Å². The second-order valence-corrected chi connectivity index (χ2v) is 4.85. The van der Waals surface area contributed by atoms with E-state index in [-0.39, 0.29) is 17.9 Å². The van der Waals surface area contributed by atoms with Crippen molar-refractivity contribution in [2.75, 3.05) is 0 Å². The Hall–Kier alpha value is -1.46. The molecule has 1 aliphatic carbocycles. The van der Waals surface area contributed by atoms with Crippen LogP contribution in [0.25, 0.3) is 0 Å². The Balaban J connectivity index is 2.32. The summed E-state index contributed by atoms with van der Waals surface area (Å²) in [5.41, 5.74) is 5.44. The monoisotopic (exact) mass is 256 g/mol. The van der Waals surface area contributed by atoms with E-state index < -0.39 is 0 Å². The van der Waals surface area contributed by atoms with E-state index in [1.807, 2.05) is 6.92 Å². The average Bonchev–Trinajstić information content (AvgIpc) is 2.38. The van der Waals surface area contributed by atoms with E-state index in [9.17, 15) is 4.79 Å². The van der Waals surface area contributed by atoms with Gasteiger partial charge in [-0.3, -0.25) is 0 Å². The van der Waals surface area contributed by atoms with Gasteiger partial charge in [-0.2, -0.15) is 0 Å². The highest BCUT2D eigenvalue weighted by molar-refractivity contribution is 5.81. The fourth-order valence-corrected chi connectivity index (χ4v) is 2.25. The third kappa shape index (κ3) is 5.25. The molecule has 1 saturated carbocycles. The second-order valence-electron chi connectivity index (χ2n) is 4.85. The van der Waals surface area contributed by atoms with Gasteiger partial charge in [0, 0.05) is 18.5 Å². The van der Waals surface area contributed by atoms with E-state index in [0.29, 0.717) is 12.5 Å². The molecule has 0 saturated heterocycles. The summed E-state index contributed by atoms with van der Waals surface area (Å²) in [6.45, 7) is 1.95. The van der Waals surface area contributed by atoms with Crippen LogP contribution in [0.3, 0.4) is 0 Å². The highest BCUT2D eigenvalue weighted by Gasteiger charge is 2.17. The highest BCUT2D eigenvalue weighted by Crippen LogP contribution is 2.17. The van der Waals surface area contributed by atoms with Crippen LogP contribution < -0.4 is 16.4 Å². The van der Waals surface area contributed by atoms with Crippen molar-refractivity contribution in [1.82, 2.24) is 10.6 Å². The first-order valence-electron chi connectivity index (χ1n) is 6.69. The van der Waals surface area contributed by atoms with Crippen LogP contribution >= 0.6 is 0 Å². The third-order valence-corrected chi connectivity index (χ3v) is 3.35. The Morgan fingerprint density at radius 1 is 1.44 bits per heavy atom. The maximum atomic E-state index is 11.8. The van der Waals surface area contributed by atoms with Crippen LogP contribution in [-0.4, -0.2) is 29.2 Å². The van der Waals surface area contributed by atoms with Crippen LogP contribution in [0.2, 0.25) is 0 Å². The van der Waals surface area contributed by atoms with Gasteiger partial charge in [-0.25, -0.2) is 4.79 Å². The maximum absolute atomic E-state index is 11.8. The summed E-state index contributed by atoms with van der Waals surface area (Å²) < 4.78 is 0. The zero-order valence-electron chi connectivity index (χ0n) is 11.0. The number of hydrogen-bond donors (Lipinski definition) is 4. The van der Waals surface area contributed by atoms with Crippen LogP contribution in [0, 0.1) is 0 Å². The van der Waals surface area contributed by atoms with E-state index in [1.165, 1.54) is 19.3 Å². The summed E-state index contributed by atoms with van der Waals surface area (Å²) in [4.78, 5) is 11.8. The molecule has 0 aromatic heterocycles. The zero-order chi connectivity index (χ0) is 13.4. The summed E-state index contributed by atoms with van der Waals surface area (Å²) >= 11 is 0. The average molecular weight is 256 g/mol. The number of carbonyl (C=O) groups excluding carboxylic acids is 1. The third-order valence-electron chi connectivity index (χ3n) is 3.35. The van der Waals surface area contributed by atoms with Gasteiger partial charge in [0.1, 0.15) is 5.84 Å². The Bertz CT molecular complexity index is 288. The number of oxime groups is 1. The minimum absolute atomic E-state index is 0.0931. The smallest absolute Gasteiger partial charge is 0.315 e. The zero-order valence-corrected chi connectivity index (χ0v) is 11.0. The SMILES string of the molecule is CCC(CC(N)=NO)NC(=O)NC1CCCCC1. The lowest BCUT2D eigenvalue weighted by molar-refractivity contribution is 0.228. The Morgan fingerprint density at radius 3 is 2.67 bits per heavy atom. The predicted molar refractivity (Wildman–Crippen MR) is 70.6 cm³/mol. The number of urea groups is 1. The summed E-state index contributed by atoms with van der Waals surface area (Å²) in [6.07, 6.45) is 6.87. The van der Waals surface area contributed by atoms with Crippen molar-refractivity contribution in [2.24, 2.45) is 10.9 Å². The van der Waals surface area contributed by atoms with Crippen molar-refractivity contribution in [3.05, 3.63) is 0 Å². The van der Waals surface area contributed by atoms with Gasteiger partial charge < -0.3 is 21.6 Å². The second kappa shape index (κ2) is 7.79. The van der Waals surface area contributed by atoms with E-state index in [0.717, 1.165) is 19.3 Å². The first kappa shape index (κ1) is 14.6. The lowest BCUT2D eigenvalue weighted by Crippen LogP contribution is -2.47. The molecule has 0 radical (unpaired) electrons. The standard InChI is InChI=1S/C12H24N4O2/c1-2-9(8-11(13)16-18)14-12(17)15-10-6-4-3-5-7-10/h9-10,18H,2-8H2,1H3,(H2,13,16)(H2,14,15,17). The van der Waals surface area contributed by atoms with Gasteiger partial charge in [-0.05, 0) is 19.3 Å². The molecule has 1 rings (SSSR count). The van der Waals surface area contributed by atoms with Crippen LogP contribution in [0.4, 0.5) is 4.79 Å². The molecule has 0 spiro atoms. The molecule has 6 heteroatoms. The molecule has 0 bridgehead atoms. The summed E-state index contributed by atoms with van der Waals surface area (Å²) in [7, 11) is 0. The number of amidine groups is 1. The fourth-order valence-electron chi connectivity index (χ4n) is 2.25. The van der Waals surface area contributed by atoms with Crippen LogP contribution in [0.1, 0.15) is 51.9 Å². The van der Waals surface area contributed by atoms with Crippen molar-refractivity contribution in [1.29, 1.82) is 0 Å². The summed E-state index contributed by atoms with van der Waals surface area (Å²) in [5.74, 6) is 0.139. The number of rotatable bonds is 5. The minimum Gasteiger partial charge on any atom is -0.409 e. The lowest BCUT2D eigenvalue weighted by atomic mass is 9.96. The Morgan fingerprint density at radius 2 is 2.11 bits per heavy atom. The molecule has 0 heterocycles. The number of nitrogens with one attached hydrogen (secondary N) is 2. The van der Waals surface area contributed by atoms with Crippen molar-refractivity contribution in [3.63, 3.8) is 0 Å². The first-order chi connectivity index (χ1) is 8.65. The van der Waals surface area contributed by atoms with Gasteiger partial charge in [-0.15, -0.1) is 0 Å².